The van der Waals surface area contributed by atoms with Crippen molar-refractivity contribution in [2.45, 2.75) is 37.8 Å². The maximum atomic E-state index is 11.4. The minimum Gasteiger partial charge on any atom is -0.353 e. The lowest BCUT2D eigenvalue weighted by atomic mass is 9.86. The van der Waals surface area contributed by atoms with Gasteiger partial charge in [-0.25, -0.2) is 0 Å². The van der Waals surface area contributed by atoms with E-state index in [4.69, 9.17) is 0 Å². The molecule has 3 heteroatoms. The van der Waals surface area contributed by atoms with Crippen LogP contribution in [0.5, 0.6) is 0 Å². The van der Waals surface area contributed by atoms with Crippen molar-refractivity contribution in [1.82, 2.24) is 10.2 Å². The molecular formula is C10H18N2O. The number of rotatable bonds is 3. The monoisotopic (exact) mass is 182 g/mol. The van der Waals surface area contributed by atoms with E-state index in [2.05, 4.69) is 24.3 Å². The summed E-state index contributed by atoms with van der Waals surface area (Å²) in [5.41, 5.74) is 0. The highest BCUT2D eigenvalue weighted by Crippen LogP contribution is 2.30. The van der Waals surface area contributed by atoms with Crippen molar-refractivity contribution in [3.8, 4) is 0 Å². The van der Waals surface area contributed by atoms with Crippen molar-refractivity contribution in [3.63, 3.8) is 0 Å². The summed E-state index contributed by atoms with van der Waals surface area (Å²) < 4.78 is 0. The summed E-state index contributed by atoms with van der Waals surface area (Å²) in [6.07, 6.45) is 4.47. The fraction of sp³-hybridized carbons (Fsp3) is 0.900. The van der Waals surface area contributed by atoms with Crippen molar-refractivity contribution in [3.05, 3.63) is 0 Å². The van der Waals surface area contributed by atoms with Crippen LogP contribution in [0.25, 0.3) is 0 Å². The van der Waals surface area contributed by atoms with Gasteiger partial charge >= 0.3 is 0 Å². The Morgan fingerprint density at radius 3 is 2.38 bits per heavy atom. The molecule has 0 aliphatic heterocycles. The second kappa shape index (κ2) is 3.29. The summed E-state index contributed by atoms with van der Waals surface area (Å²) in [5, 5.41) is 3.10. The number of amides is 1. The summed E-state index contributed by atoms with van der Waals surface area (Å²) >= 11 is 0. The molecule has 2 fully saturated rings. The Kier molecular flexibility index (Phi) is 2.28. The van der Waals surface area contributed by atoms with Gasteiger partial charge in [0.15, 0.2) is 0 Å². The van der Waals surface area contributed by atoms with Crippen LogP contribution in [0.3, 0.4) is 0 Å². The fourth-order valence-electron chi connectivity index (χ4n) is 1.79. The summed E-state index contributed by atoms with van der Waals surface area (Å²) in [6.45, 7) is 0. The van der Waals surface area contributed by atoms with Gasteiger partial charge in [-0.05, 0) is 39.8 Å². The molecule has 1 N–H and O–H groups in total. The predicted octanol–water partition coefficient (Wildman–Crippen LogP) is 0.605. The highest BCUT2D eigenvalue weighted by molar-refractivity contribution is 5.81. The molecule has 0 saturated heterocycles. The molecule has 0 spiro atoms. The Bertz CT molecular complexity index is 205. The van der Waals surface area contributed by atoms with Gasteiger partial charge < -0.3 is 10.2 Å². The van der Waals surface area contributed by atoms with Gasteiger partial charge in [0.1, 0.15) is 0 Å². The number of carbonyl (C=O) groups is 1. The molecule has 0 radical (unpaired) electrons. The normalized spacial score (nSPS) is 32.8. The van der Waals surface area contributed by atoms with E-state index in [0.29, 0.717) is 23.9 Å². The molecule has 0 heterocycles. The third-order valence-electron chi connectivity index (χ3n) is 3.14. The first kappa shape index (κ1) is 9.00. The van der Waals surface area contributed by atoms with Crippen molar-refractivity contribution < 1.29 is 4.79 Å². The molecule has 2 rings (SSSR count). The topological polar surface area (TPSA) is 32.3 Å². The number of hydrogen-bond donors (Lipinski definition) is 1. The second-order valence-corrected chi connectivity index (χ2v) is 4.57. The second-order valence-electron chi connectivity index (χ2n) is 4.57. The van der Waals surface area contributed by atoms with Crippen molar-refractivity contribution in [1.29, 1.82) is 0 Å². The average molecular weight is 182 g/mol. The highest BCUT2D eigenvalue weighted by Gasteiger charge is 2.35. The summed E-state index contributed by atoms with van der Waals surface area (Å²) in [5.74, 6) is 0.653. The van der Waals surface area contributed by atoms with Crippen molar-refractivity contribution >= 4 is 5.91 Å². The third kappa shape index (κ3) is 2.02. The first-order valence-corrected chi connectivity index (χ1v) is 5.13. The van der Waals surface area contributed by atoms with Gasteiger partial charge in [-0.1, -0.05) is 0 Å². The first-order chi connectivity index (χ1) is 6.16. The molecule has 0 atom stereocenters. The molecule has 0 aromatic carbocycles. The lowest BCUT2D eigenvalue weighted by molar-refractivity contribution is -0.123. The Morgan fingerprint density at radius 2 is 1.92 bits per heavy atom. The van der Waals surface area contributed by atoms with Crippen LogP contribution in [-0.2, 0) is 4.79 Å². The molecule has 0 aromatic rings. The van der Waals surface area contributed by atoms with Crippen LogP contribution in [0, 0.1) is 5.92 Å². The van der Waals surface area contributed by atoms with Crippen LogP contribution in [0.15, 0.2) is 0 Å². The van der Waals surface area contributed by atoms with Gasteiger partial charge in [0.05, 0.1) is 0 Å². The number of nitrogens with zero attached hydrogens (tertiary/aromatic N) is 1. The zero-order valence-electron chi connectivity index (χ0n) is 8.42. The van der Waals surface area contributed by atoms with E-state index in [1.165, 1.54) is 0 Å². The highest BCUT2D eigenvalue weighted by atomic mass is 16.2. The van der Waals surface area contributed by atoms with Gasteiger partial charge in [-0.3, -0.25) is 4.79 Å². The third-order valence-corrected chi connectivity index (χ3v) is 3.14. The van der Waals surface area contributed by atoms with E-state index < -0.39 is 0 Å². The van der Waals surface area contributed by atoms with E-state index in [-0.39, 0.29) is 0 Å². The first-order valence-electron chi connectivity index (χ1n) is 5.13. The minimum atomic E-state index is 0.294. The van der Waals surface area contributed by atoms with Gasteiger partial charge in [0.2, 0.25) is 5.91 Å². The fourth-order valence-corrected chi connectivity index (χ4v) is 1.79. The zero-order chi connectivity index (χ0) is 9.42. The van der Waals surface area contributed by atoms with Crippen LogP contribution in [-0.4, -0.2) is 37.0 Å². The van der Waals surface area contributed by atoms with E-state index >= 15 is 0 Å². The van der Waals surface area contributed by atoms with Gasteiger partial charge in [-0.15, -0.1) is 0 Å². The Hall–Kier alpha value is -0.570. The Morgan fingerprint density at radius 1 is 1.31 bits per heavy atom. The maximum Gasteiger partial charge on any atom is 0.223 e. The number of nitrogens with one attached hydrogen (secondary N) is 1. The van der Waals surface area contributed by atoms with Crippen LogP contribution in [0.2, 0.25) is 0 Å². The molecule has 1 amide bonds. The lowest BCUT2D eigenvalue weighted by Gasteiger charge is -2.39. The maximum absolute atomic E-state index is 11.4. The van der Waals surface area contributed by atoms with Gasteiger partial charge in [0, 0.05) is 18.0 Å². The van der Waals surface area contributed by atoms with E-state index in [9.17, 15) is 4.79 Å². The molecule has 74 valence electrons. The predicted molar refractivity (Wildman–Crippen MR) is 51.4 cm³/mol. The number of hydrogen-bond acceptors (Lipinski definition) is 2. The van der Waals surface area contributed by atoms with Gasteiger partial charge in [-0.2, -0.15) is 0 Å². The van der Waals surface area contributed by atoms with Crippen LogP contribution < -0.4 is 5.32 Å². The van der Waals surface area contributed by atoms with Gasteiger partial charge in [0.25, 0.3) is 0 Å². The quantitative estimate of drug-likeness (QED) is 0.693. The number of carbonyl (C=O) groups excluding carboxylic acids is 1. The molecule has 3 nitrogen and oxygen atoms in total. The van der Waals surface area contributed by atoms with E-state index in [1.54, 1.807) is 0 Å². The van der Waals surface area contributed by atoms with Crippen LogP contribution in [0.1, 0.15) is 25.7 Å². The molecule has 0 bridgehead atoms. The van der Waals surface area contributed by atoms with Crippen molar-refractivity contribution in [2.24, 2.45) is 5.92 Å². The lowest BCUT2D eigenvalue weighted by Crippen LogP contribution is -2.52. The molecule has 13 heavy (non-hydrogen) atoms. The largest absolute Gasteiger partial charge is 0.353 e. The smallest absolute Gasteiger partial charge is 0.223 e. The standard InChI is InChI=1S/C10H18N2O/c1-12(2)9-5-8(6-9)11-10(13)7-3-4-7/h7-9H,3-6H2,1-2H3,(H,11,13). The summed E-state index contributed by atoms with van der Waals surface area (Å²) in [7, 11) is 4.20. The van der Waals surface area contributed by atoms with Crippen molar-refractivity contribution in [2.75, 3.05) is 14.1 Å². The molecular weight excluding hydrogens is 164 g/mol. The summed E-state index contributed by atoms with van der Waals surface area (Å²) in [6, 6.07) is 1.14. The Labute approximate surface area is 79.5 Å². The zero-order valence-corrected chi connectivity index (χ0v) is 8.42. The summed E-state index contributed by atoms with van der Waals surface area (Å²) in [4.78, 5) is 13.6. The molecule has 0 aromatic heterocycles. The minimum absolute atomic E-state index is 0.294. The Balaban J connectivity index is 1.66. The van der Waals surface area contributed by atoms with Crippen LogP contribution >= 0.6 is 0 Å². The average Bonchev–Trinajstić information content (AvgIpc) is 2.75. The molecule has 2 aliphatic carbocycles. The van der Waals surface area contributed by atoms with Crippen LogP contribution in [0.4, 0.5) is 0 Å². The molecule has 2 saturated carbocycles. The molecule has 0 unspecified atom stereocenters. The molecule has 2 aliphatic rings. The van der Waals surface area contributed by atoms with E-state index in [1.807, 2.05) is 0 Å². The van der Waals surface area contributed by atoms with E-state index in [0.717, 1.165) is 25.7 Å². The SMILES string of the molecule is CN(C)C1CC(NC(=O)C2CC2)C1.